The number of anilines is 1. The van der Waals surface area contributed by atoms with Crippen LogP contribution in [-0.2, 0) is 6.54 Å². The Balaban J connectivity index is 2.10. The van der Waals surface area contributed by atoms with E-state index in [1.54, 1.807) is 24.4 Å². The summed E-state index contributed by atoms with van der Waals surface area (Å²) in [5.74, 6) is -0.438. The summed E-state index contributed by atoms with van der Waals surface area (Å²) in [4.78, 5) is 15.4. The topological polar surface area (TPSA) is 68.0 Å². The highest BCUT2D eigenvalue weighted by molar-refractivity contribution is 9.11. The van der Waals surface area contributed by atoms with Crippen LogP contribution in [0.2, 0.25) is 0 Å². The van der Waals surface area contributed by atoms with Gasteiger partial charge in [-0.3, -0.25) is 9.78 Å². The predicted octanol–water partition coefficient (Wildman–Crippen LogP) is 3.32. The summed E-state index contributed by atoms with van der Waals surface area (Å²) >= 11 is 6.81. The van der Waals surface area contributed by atoms with Gasteiger partial charge in [-0.2, -0.15) is 0 Å². The van der Waals surface area contributed by atoms with Crippen LogP contribution in [0.1, 0.15) is 16.1 Å². The molecule has 0 fully saturated rings. The predicted molar refractivity (Wildman–Crippen MR) is 81.9 cm³/mol. The number of hydrogen-bond donors (Lipinski definition) is 2. The number of benzene rings is 1. The van der Waals surface area contributed by atoms with Crippen LogP contribution in [0.5, 0.6) is 0 Å². The number of carbonyl (C=O) groups is 1. The minimum Gasteiger partial charge on any atom is -0.379 e. The third kappa shape index (κ3) is 3.78. The zero-order chi connectivity index (χ0) is 13.8. The van der Waals surface area contributed by atoms with Gasteiger partial charge in [-0.05, 0) is 56.1 Å². The van der Waals surface area contributed by atoms with E-state index in [9.17, 15) is 4.79 Å². The monoisotopic (exact) mass is 383 g/mol. The SMILES string of the molecule is NC(=O)c1cccc(NCc2ncc(Br)cc2Br)c1. The van der Waals surface area contributed by atoms with Gasteiger partial charge in [0.1, 0.15) is 0 Å². The van der Waals surface area contributed by atoms with Gasteiger partial charge in [0.05, 0.1) is 12.2 Å². The van der Waals surface area contributed by atoms with Gasteiger partial charge in [0.15, 0.2) is 0 Å². The smallest absolute Gasteiger partial charge is 0.248 e. The van der Waals surface area contributed by atoms with Gasteiger partial charge in [0.25, 0.3) is 0 Å². The molecule has 98 valence electrons. The van der Waals surface area contributed by atoms with Crippen LogP contribution in [0.15, 0.2) is 45.5 Å². The largest absolute Gasteiger partial charge is 0.379 e. The lowest BCUT2D eigenvalue weighted by Crippen LogP contribution is -2.11. The standard InChI is InChI=1S/C13H11Br2N3O/c14-9-5-11(15)12(18-6-9)7-17-10-3-1-2-8(4-10)13(16)19/h1-6,17H,7H2,(H2,16,19). The summed E-state index contributed by atoms with van der Waals surface area (Å²) in [6, 6.07) is 8.99. The van der Waals surface area contributed by atoms with Gasteiger partial charge in [-0.25, -0.2) is 0 Å². The van der Waals surface area contributed by atoms with Crippen LogP contribution in [0, 0.1) is 0 Å². The number of nitrogens with one attached hydrogen (secondary N) is 1. The minimum absolute atomic E-state index is 0.438. The van der Waals surface area contributed by atoms with Crippen molar-refractivity contribution < 1.29 is 4.79 Å². The van der Waals surface area contributed by atoms with Crippen molar-refractivity contribution in [2.24, 2.45) is 5.73 Å². The van der Waals surface area contributed by atoms with Gasteiger partial charge in [0.2, 0.25) is 5.91 Å². The van der Waals surface area contributed by atoms with E-state index in [4.69, 9.17) is 5.73 Å². The van der Waals surface area contributed by atoms with Crippen molar-refractivity contribution >= 4 is 43.5 Å². The first-order valence-electron chi connectivity index (χ1n) is 5.50. The van der Waals surface area contributed by atoms with Gasteiger partial charge in [0, 0.05) is 26.4 Å². The van der Waals surface area contributed by atoms with Crippen LogP contribution in [-0.4, -0.2) is 10.9 Å². The highest BCUT2D eigenvalue weighted by atomic mass is 79.9. The molecule has 1 amide bonds. The Morgan fingerprint density at radius 2 is 2.11 bits per heavy atom. The van der Waals surface area contributed by atoms with E-state index < -0.39 is 5.91 Å². The van der Waals surface area contributed by atoms with E-state index in [-0.39, 0.29) is 0 Å². The number of amides is 1. The molecule has 0 radical (unpaired) electrons. The Labute approximate surface area is 127 Å². The van der Waals surface area contributed by atoms with Crippen molar-refractivity contribution in [2.75, 3.05) is 5.32 Å². The van der Waals surface area contributed by atoms with Crippen LogP contribution < -0.4 is 11.1 Å². The maximum atomic E-state index is 11.1. The Morgan fingerprint density at radius 1 is 1.32 bits per heavy atom. The number of hydrogen-bond acceptors (Lipinski definition) is 3. The summed E-state index contributed by atoms with van der Waals surface area (Å²) in [6.45, 7) is 0.552. The lowest BCUT2D eigenvalue weighted by Gasteiger charge is -2.08. The van der Waals surface area contributed by atoms with Crippen LogP contribution in [0.25, 0.3) is 0 Å². The molecule has 1 aromatic carbocycles. The third-order valence-electron chi connectivity index (χ3n) is 2.49. The van der Waals surface area contributed by atoms with Crippen LogP contribution >= 0.6 is 31.9 Å². The van der Waals surface area contributed by atoms with Crippen molar-refractivity contribution in [3.8, 4) is 0 Å². The first kappa shape index (κ1) is 14.0. The van der Waals surface area contributed by atoms with E-state index in [1.807, 2.05) is 12.1 Å². The lowest BCUT2D eigenvalue weighted by molar-refractivity contribution is 0.100. The summed E-state index contributed by atoms with van der Waals surface area (Å²) in [5, 5.41) is 3.20. The zero-order valence-electron chi connectivity index (χ0n) is 9.86. The first-order chi connectivity index (χ1) is 9.06. The van der Waals surface area contributed by atoms with E-state index >= 15 is 0 Å². The van der Waals surface area contributed by atoms with Gasteiger partial charge < -0.3 is 11.1 Å². The number of rotatable bonds is 4. The highest BCUT2D eigenvalue weighted by Crippen LogP contribution is 2.20. The summed E-state index contributed by atoms with van der Waals surface area (Å²) < 4.78 is 1.83. The number of aromatic nitrogens is 1. The third-order valence-corrected chi connectivity index (χ3v) is 3.61. The van der Waals surface area contributed by atoms with Crippen molar-refractivity contribution in [3.63, 3.8) is 0 Å². The second-order valence-electron chi connectivity index (χ2n) is 3.88. The molecule has 0 saturated heterocycles. The summed E-state index contributed by atoms with van der Waals surface area (Å²) in [6.07, 6.45) is 1.74. The number of primary amides is 1. The van der Waals surface area contributed by atoms with Crippen LogP contribution in [0.3, 0.4) is 0 Å². The number of halogens is 2. The molecule has 0 spiro atoms. The summed E-state index contributed by atoms with van der Waals surface area (Å²) in [5.41, 5.74) is 7.43. The molecular formula is C13H11Br2N3O. The molecule has 0 saturated carbocycles. The lowest BCUT2D eigenvalue weighted by atomic mass is 10.2. The average molecular weight is 385 g/mol. The number of pyridine rings is 1. The van der Waals surface area contributed by atoms with Gasteiger partial charge in [-0.1, -0.05) is 6.07 Å². The molecule has 2 rings (SSSR count). The van der Waals surface area contributed by atoms with Crippen LogP contribution in [0.4, 0.5) is 5.69 Å². The molecule has 1 heterocycles. The molecule has 2 aromatic rings. The van der Waals surface area contributed by atoms with E-state index in [0.29, 0.717) is 12.1 Å². The Bertz CT molecular complexity index is 617. The molecule has 0 unspecified atom stereocenters. The molecule has 1 aromatic heterocycles. The molecule has 0 bridgehead atoms. The van der Waals surface area contributed by atoms with E-state index in [1.165, 1.54) is 0 Å². The first-order valence-corrected chi connectivity index (χ1v) is 7.08. The Morgan fingerprint density at radius 3 is 2.79 bits per heavy atom. The number of carbonyl (C=O) groups excluding carboxylic acids is 1. The molecule has 0 aliphatic heterocycles. The molecule has 4 nitrogen and oxygen atoms in total. The summed E-state index contributed by atoms with van der Waals surface area (Å²) in [7, 11) is 0. The molecule has 6 heteroatoms. The molecule has 3 N–H and O–H groups in total. The number of nitrogens with zero attached hydrogens (tertiary/aromatic N) is 1. The Hall–Kier alpha value is -1.40. The molecule has 0 aliphatic rings. The average Bonchev–Trinajstić information content (AvgIpc) is 2.38. The van der Waals surface area contributed by atoms with E-state index in [2.05, 4.69) is 42.2 Å². The molecular weight excluding hydrogens is 374 g/mol. The van der Waals surface area contributed by atoms with Gasteiger partial charge >= 0.3 is 0 Å². The van der Waals surface area contributed by atoms with Crippen molar-refractivity contribution in [1.29, 1.82) is 0 Å². The second-order valence-corrected chi connectivity index (χ2v) is 5.65. The maximum absolute atomic E-state index is 11.1. The quantitative estimate of drug-likeness (QED) is 0.849. The molecule has 0 atom stereocenters. The normalized spacial score (nSPS) is 10.2. The van der Waals surface area contributed by atoms with Crippen molar-refractivity contribution in [3.05, 3.63) is 56.7 Å². The minimum atomic E-state index is -0.438. The number of nitrogens with two attached hydrogens (primary N) is 1. The highest BCUT2D eigenvalue weighted by Gasteiger charge is 2.04. The fourth-order valence-electron chi connectivity index (χ4n) is 1.54. The maximum Gasteiger partial charge on any atom is 0.248 e. The van der Waals surface area contributed by atoms with Crippen molar-refractivity contribution in [2.45, 2.75) is 6.54 Å². The molecule has 19 heavy (non-hydrogen) atoms. The fraction of sp³-hybridized carbons (Fsp3) is 0.0769. The van der Waals surface area contributed by atoms with E-state index in [0.717, 1.165) is 20.3 Å². The Kier molecular flexibility index (Phi) is 4.55. The second kappa shape index (κ2) is 6.16. The fourth-order valence-corrected chi connectivity index (χ4v) is 2.67. The molecule has 0 aliphatic carbocycles. The van der Waals surface area contributed by atoms with Crippen molar-refractivity contribution in [1.82, 2.24) is 4.98 Å². The zero-order valence-corrected chi connectivity index (χ0v) is 13.0. The van der Waals surface area contributed by atoms with Gasteiger partial charge in [-0.15, -0.1) is 0 Å².